The van der Waals surface area contributed by atoms with Crippen LogP contribution in [0.1, 0.15) is 49.6 Å². The van der Waals surface area contributed by atoms with Gasteiger partial charge in [-0.3, -0.25) is 4.79 Å². The Morgan fingerprint density at radius 1 is 1.11 bits per heavy atom. The molecule has 1 atom stereocenters. The molecule has 1 aromatic heterocycles. The van der Waals surface area contributed by atoms with Gasteiger partial charge in [-0.1, -0.05) is 61.7 Å². The van der Waals surface area contributed by atoms with E-state index < -0.39 is 6.10 Å². The molecule has 4 rings (SSSR count). The molecule has 5 heteroatoms. The quantitative estimate of drug-likeness (QED) is 0.733. The third-order valence-electron chi connectivity index (χ3n) is 5.85. The van der Waals surface area contributed by atoms with Crippen LogP contribution in [0, 0.1) is 0 Å². The van der Waals surface area contributed by atoms with Gasteiger partial charge in [-0.15, -0.1) is 0 Å². The normalized spacial score (nSPS) is 16.2. The first-order valence-corrected chi connectivity index (χ1v) is 10.1. The van der Waals surface area contributed by atoms with Crippen LogP contribution < -0.4 is 0 Å². The number of hydrogen-bond donors (Lipinski definition) is 1. The van der Waals surface area contributed by atoms with Gasteiger partial charge in [0.05, 0.1) is 11.0 Å². The van der Waals surface area contributed by atoms with Gasteiger partial charge in [-0.05, 0) is 30.5 Å². The molecule has 0 spiro atoms. The zero-order chi connectivity index (χ0) is 19.5. The van der Waals surface area contributed by atoms with Gasteiger partial charge in [0.1, 0.15) is 18.5 Å². The second-order valence-corrected chi connectivity index (χ2v) is 7.65. The van der Waals surface area contributed by atoms with Gasteiger partial charge in [-0.2, -0.15) is 0 Å². The Bertz CT molecular complexity index is 945. The molecular formula is C23H27N3O2. The lowest BCUT2D eigenvalue weighted by atomic mass is 9.94. The SMILES string of the molecule is CN(C(=O)Cn1c(C(O)c2ccccc2)nc2ccccc21)C1CCCCC1. The second kappa shape index (κ2) is 8.15. The summed E-state index contributed by atoms with van der Waals surface area (Å²) in [5.41, 5.74) is 2.44. The average Bonchev–Trinajstić information content (AvgIpc) is 3.12. The molecule has 1 fully saturated rings. The van der Waals surface area contributed by atoms with Crippen molar-refractivity contribution in [1.29, 1.82) is 0 Å². The average molecular weight is 377 g/mol. The summed E-state index contributed by atoms with van der Waals surface area (Å²) in [7, 11) is 1.91. The van der Waals surface area contributed by atoms with E-state index in [-0.39, 0.29) is 12.5 Å². The van der Waals surface area contributed by atoms with E-state index in [0.29, 0.717) is 11.9 Å². The second-order valence-electron chi connectivity index (χ2n) is 7.65. The number of imidazole rings is 1. The van der Waals surface area contributed by atoms with Gasteiger partial charge in [-0.25, -0.2) is 4.98 Å². The summed E-state index contributed by atoms with van der Waals surface area (Å²) < 4.78 is 1.87. The number of aliphatic hydroxyl groups excluding tert-OH is 1. The first-order chi connectivity index (χ1) is 13.6. The van der Waals surface area contributed by atoms with Crippen molar-refractivity contribution in [2.75, 3.05) is 7.05 Å². The van der Waals surface area contributed by atoms with E-state index in [2.05, 4.69) is 4.98 Å². The minimum absolute atomic E-state index is 0.0663. The molecule has 5 nitrogen and oxygen atoms in total. The molecule has 1 saturated carbocycles. The maximum Gasteiger partial charge on any atom is 0.242 e. The zero-order valence-electron chi connectivity index (χ0n) is 16.3. The maximum absolute atomic E-state index is 13.1. The Morgan fingerprint density at radius 2 is 1.79 bits per heavy atom. The lowest BCUT2D eigenvalue weighted by Gasteiger charge is -2.31. The van der Waals surface area contributed by atoms with Crippen molar-refractivity contribution in [1.82, 2.24) is 14.5 Å². The molecule has 1 aliphatic rings. The van der Waals surface area contributed by atoms with Gasteiger partial charge in [0.2, 0.25) is 5.91 Å². The van der Waals surface area contributed by atoms with E-state index in [9.17, 15) is 9.90 Å². The number of carbonyl (C=O) groups is 1. The summed E-state index contributed by atoms with van der Waals surface area (Å²) in [6.45, 7) is 0.187. The summed E-state index contributed by atoms with van der Waals surface area (Å²) in [5, 5.41) is 11.0. The molecule has 3 aromatic rings. The van der Waals surface area contributed by atoms with Crippen LogP contribution in [-0.2, 0) is 11.3 Å². The number of likely N-dealkylation sites (N-methyl/N-ethyl adjacent to an activating group) is 1. The molecule has 146 valence electrons. The van der Waals surface area contributed by atoms with Gasteiger partial charge in [0, 0.05) is 13.1 Å². The Kier molecular flexibility index (Phi) is 5.44. The van der Waals surface area contributed by atoms with Gasteiger partial charge in [0.15, 0.2) is 0 Å². The number of aliphatic hydroxyl groups is 1. The van der Waals surface area contributed by atoms with Crippen LogP contribution in [0.5, 0.6) is 0 Å². The van der Waals surface area contributed by atoms with E-state index in [4.69, 9.17) is 0 Å². The summed E-state index contributed by atoms with van der Waals surface area (Å²) in [4.78, 5) is 19.6. The molecular weight excluding hydrogens is 350 g/mol. The van der Waals surface area contributed by atoms with Gasteiger partial charge < -0.3 is 14.6 Å². The van der Waals surface area contributed by atoms with E-state index in [0.717, 1.165) is 29.4 Å². The molecule has 0 saturated heterocycles. The van der Waals surface area contributed by atoms with Crippen molar-refractivity contribution in [2.24, 2.45) is 0 Å². The van der Waals surface area contributed by atoms with E-state index >= 15 is 0 Å². The minimum Gasteiger partial charge on any atom is -0.380 e. The summed E-state index contributed by atoms with van der Waals surface area (Å²) >= 11 is 0. The Balaban J connectivity index is 1.66. The molecule has 28 heavy (non-hydrogen) atoms. The Labute approximate surface area is 165 Å². The number of nitrogens with zero attached hydrogens (tertiary/aromatic N) is 3. The van der Waals surface area contributed by atoms with Crippen LogP contribution in [0.25, 0.3) is 11.0 Å². The monoisotopic (exact) mass is 377 g/mol. The van der Waals surface area contributed by atoms with Crippen LogP contribution in [0.3, 0.4) is 0 Å². The maximum atomic E-state index is 13.1. The van der Waals surface area contributed by atoms with Crippen LogP contribution in [-0.4, -0.2) is 38.6 Å². The van der Waals surface area contributed by atoms with Crippen molar-refractivity contribution < 1.29 is 9.90 Å². The predicted molar refractivity (Wildman–Crippen MR) is 110 cm³/mol. The van der Waals surface area contributed by atoms with Crippen LogP contribution in [0.4, 0.5) is 0 Å². The number of para-hydroxylation sites is 2. The number of carbonyl (C=O) groups excluding carboxylic acids is 1. The topological polar surface area (TPSA) is 58.4 Å². The van der Waals surface area contributed by atoms with Crippen molar-refractivity contribution in [3.63, 3.8) is 0 Å². The van der Waals surface area contributed by atoms with Crippen molar-refractivity contribution >= 4 is 16.9 Å². The smallest absolute Gasteiger partial charge is 0.242 e. The summed E-state index contributed by atoms with van der Waals surface area (Å²) in [5.74, 6) is 0.578. The standard InChI is InChI=1S/C23H27N3O2/c1-25(18-12-6-3-7-13-18)21(27)16-26-20-15-9-8-14-19(20)24-23(26)22(28)17-10-4-2-5-11-17/h2,4-5,8-11,14-15,18,22,28H,3,6-7,12-13,16H2,1H3. The molecule has 0 radical (unpaired) electrons. The first kappa shape index (κ1) is 18.7. The van der Waals surface area contributed by atoms with Crippen molar-refractivity contribution in [3.05, 3.63) is 66.0 Å². The van der Waals surface area contributed by atoms with Crippen LogP contribution >= 0.6 is 0 Å². The molecule has 1 amide bonds. The fourth-order valence-corrected chi connectivity index (χ4v) is 4.17. The highest BCUT2D eigenvalue weighted by Crippen LogP contribution is 2.27. The minimum atomic E-state index is -0.874. The number of aromatic nitrogens is 2. The summed E-state index contributed by atoms with van der Waals surface area (Å²) in [6.07, 6.45) is 4.92. The Morgan fingerprint density at radius 3 is 2.54 bits per heavy atom. The fraction of sp³-hybridized carbons (Fsp3) is 0.391. The highest BCUT2D eigenvalue weighted by atomic mass is 16.3. The molecule has 1 unspecified atom stereocenters. The van der Waals surface area contributed by atoms with E-state index in [1.54, 1.807) is 0 Å². The lowest BCUT2D eigenvalue weighted by molar-refractivity contribution is -0.133. The highest BCUT2D eigenvalue weighted by molar-refractivity contribution is 5.81. The van der Waals surface area contributed by atoms with Gasteiger partial charge >= 0.3 is 0 Å². The molecule has 2 aromatic carbocycles. The third kappa shape index (κ3) is 3.67. The number of amides is 1. The van der Waals surface area contributed by atoms with Crippen LogP contribution in [0.2, 0.25) is 0 Å². The largest absolute Gasteiger partial charge is 0.380 e. The van der Waals surface area contributed by atoms with Crippen molar-refractivity contribution in [2.45, 2.75) is 50.8 Å². The Hall–Kier alpha value is -2.66. The number of hydrogen-bond acceptors (Lipinski definition) is 3. The number of benzene rings is 2. The highest BCUT2D eigenvalue weighted by Gasteiger charge is 2.25. The number of rotatable bonds is 5. The molecule has 1 heterocycles. The van der Waals surface area contributed by atoms with Crippen LogP contribution in [0.15, 0.2) is 54.6 Å². The van der Waals surface area contributed by atoms with E-state index in [1.807, 2.05) is 71.1 Å². The summed E-state index contributed by atoms with van der Waals surface area (Å²) in [6, 6.07) is 17.5. The fourth-order valence-electron chi connectivity index (χ4n) is 4.17. The van der Waals surface area contributed by atoms with Crippen molar-refractivity contribution in [3.8, 4) is 0 Å². The number of fused-ring (bicyclic) bond motifs is 1. The van der Waals surface area contributed by atoms with Gasteiger partial charge in [0.25, 0.3) is 0 Å². The molecule has 0 aliphatic heterocycles. The lowest BCUT2D eigenvalue weighted by Crippen LogP contribution is -2.40. The molecule has 1 aliphatic carbocycles. The molecule has 1 N–H and O–H groups in total. The zero-order valence-corrected chi connectivity index (χ0v) is 16.3. The first-order valence-electron chi connectivity index (χ1n) is 10.1. The third-order valence-corrected chi connectivity index (χ3v) is 5.85. The molecule has 0 bridgehead atoms. The predicted octanol–water partition coefficient (Wildman–Crippen LogP) is 3.91. The van der Waals surface area contributed by atoms with E-state index in [1.165, 1.54) is 19.3 Å².